The number of fused-ring (bicyclic) bond motifs is 1. The molecule has 8 nitrogen and oxygen atoms in total. The van der Waals surface area contributed by atoms with E-state index in [4.69, 9.17) is 14.2 Å². The van der Waals surface area contributed by atoms with Crippen LogP contribution < -0.4 is 25.2 Å². The van der Waals surface area contributed by atoms with Crippen LogP contribution >= 0.6 is 0 Å². The zero-order chi connectivity index (χ0) is 18.8. The molecule has 0 saturated heterocycles. The molecule has 0 radical (unpaired) electrons. The lowest BCUT2D eigenvalue weighted by atomic mass is 10.1. The summed E-state index contributed by atoms with van der Waals surface area (Å²) >= 11 is 0. The Labute approximate surface area is 153 Å². The monoisotopic (exact) mass is 365 g/mol. The Morgan fingerprint density at radius 2 is 2.00 bits per heavy atom. The number of H-pyrrole nitrogens is 1. The largest absolute Gasteiger partial charge is 0.497 e. The third-order valence-corrected chi connectivity index (χ3v) is 3.99. The number of aromatic amines is 1. The van der Waals surface area contributed by atoms with Gasteiger partial charge in [0.25, 0.3) is 5.91 Å². The van der Waals surface area contributed by atoms with Crippen LogP contribution in [0.1, 0.15) is 10.5 Å². The van der Waals surface area contributed by atoms with Crippen molar-refractivity contribution in [3.63, 3.8) is 0 Å². The summed E-state index contributed by atoms with van der Waals surface area (Å²) in [7, 11) is 1.55. The van der Waals surface area contributed by atoms with Gasteiger partial charge in [0.15, 0.2) is 11.5 Å². The molecule has 27 heavy (non-hydrogen) atoms. The van der Waals surface area contributed by atoms with Crippen LogP contribution in [0.3, 0.4) is 0 Å². The smallest absolute Gasteiger partial charge is 0.346 e. The van der Waals surface area contributed by atoms with Crippen molar-refractivity contribution in [3.8, 4) is 28.5 Å². The third kappa shape index (κ3) is 3.45. The lowest BCUT2D eigenvalue weighted by Gasteiger charge is -2.08. The maximum atomic E-state index is 12.6. The molecule has 0 saturated carbocycles. The molecular weight excluding hydrogens is 350 g/mol. The molecule has 8 heteroatoms. The van der Waals surface area contributed by atoms with Crippen molar-refractivity contribution >= 4 is 11.6 Å². The average Bonchev–Trinajstić information content (AvgIpc) is 3.15. The lowest BCUT2D eigenvalue weighted by Crippen LogP contribution is -2.21. The summed E-state index contributed by atoms with van der Waals surface area (Å²) in [6.45, 7) is 0.147. The van der Waals surface area contributed by atoms with E-state index < -0.39 is 11.6 Å². The van der Waals surface area contributed by atoms with Gasteiger partial charge in [0.2, 0.25) is 6.79 Å². The van der Waals surface area contributed by atoms with Gasteiger partial charge in [-0.15, -0.1) is 0 Å². The summed E-state index contributed by atoms with van der Waals surface area (Å²) < 4.78 is 15.7. The van der Waals surface area contributed by atoms with Gasteiger partial charge >= 0.3 is 5.69 Å². The van der Waals surface area contributed by atoms with E-state index in [9.17, 15) is 9.59 Å². The highest BCUT2D eigenvalue weighted by Crippen LogP contribution is 2.34. The van der Waals surface area contributed by atoms with Crippen molar-refractivity contribution in [1.82, 2.24) is 9.97 Å². The van der Waals surface area contributed by atoms with Gasteiger partial charge in [-0.05, 0) is 30.3 Å². The standard InChI is InChI=1S/C19H15N3O5/c1-25-13-4-2-3-11(7-13)14-9-15(22-19(24)21-14)18(23)20-12-5-6-16-17(8-12)27-10-26-16/h2-9H,10H2,1H3,(H,20,23)(H,21,22,24). The van der Waals surface area contributed by atoms with Crippen LogP contribution in [0.15, 0.2) is 53.3 Å². The highest BCUT2D eigenvalue weighted by molar-refractivity contribution is 6.03. The minimum absolute atomic E-state index is 0.0884. The number of carbonyl (C=O) groups excluding carboxylic acids is 1. The van der Waals surface area contributed by atoms with Crippen LogP contribution in [-0.2, 0) is 0 Å². The van der Waals surface area contributed by atoms with E-state index in [1.54, 1.807) is 49.6 Å². The second-order valence-electron chi connectivity index (χ2n) is 5.74. The summed E-state index contributed by atoms with van der Waals surface area (Å²) in [4.78, 5) is 30.9. The number of ether oxygens (including phenoxy) is 3. The number of aromatic nitrogens is 2. The fourth-order valence-electron chi connectivity index (χ4n) is 2.68. The van der Waals surface area contributed by atoms with Gasteiger partial charge in [0, 0.05) is 17.3 Å². The van der Waals surface area contributed by atoms with E-state index in [0.29, 0.717) is 34.2 Å². The van der Waals surface area contributed by atoms with Crippen molar-refractivity contribution < 1.29 is 19.0 Å². The fourth-order valence-corrected chi connectivity index (χ4v) is 2.68. The number of hydrogen-bond donors (Lipinski definition) is 2. The number of methoxy groups -OCH3 is 1. The van der Waals surface area contributed by atoms with Gasteiger partial charge < -0.3 is 24.5 Å². The SMILES string of the molecule is COc1cccc(-c2cc(C(=O)Nc3ccc4c(c3)OCO4)[nH]c(=O)n2)c1. The predicted molar refractivity (Wildman–Crippen MR) is 97.4 cm³/mol. The second-order valence-corrected chi connectivity index (χ2v) is 5.74. The molecule has 0 aliphatic carbocycles. The highest BCUT2D eigenvalue weighted by Gasteiger charge is 2.16. The molecule has 1 aromatic heterocycles. The predicted octanol–water partition coefficient (Wildman–Crippen LogP) is 2.43. The van der Waals surface area contributed by atoms with E-state index in [-0.39, 0.29) is 12.5 Å². The van der Waals surface area contributed by atoms with Gasteiger partial charge in [-0.1, -0.05) is 12.1 Å². The first-order valence-electron chi connectivity index (χ1n) is 8.09. The molecular formula is C19H15N3O5. The van der Waals surface area contributed by atoms with Crippen LogP contribution in [0.4, 0.5) is 5.69 Å². The Hall–Kier alpha value is -3.81. The maximum absolute atomic E-state index is 12.6. The van der Waals surface area contributed by atoms with E-state index in [2.05, 4.69) is 15.3 Å². The average molecular weight is 365 g/mol. The Morgan fingerprint density at radius 1 is 1.15 bits per heavy atom. The van der Waals surface area contributed by atoms with Crippen LogP contribution in [0.5, 0.6) is 17.2 Å². The quantitative estimate of drug-likeness (QED) is 0.736. The topological polar surface area (TPSA) is 103 Å². The number of hydrogen-bond acceptors (Lipinski definition) is 6. The summed E-state index contributed by atoms with van der Waals surface area (Å²) in [5.74, 6) is 1.32. The van der Waals surface area contributed by atoms with Gasteiger partial charge in [-0.25, -0.2) is 4.79 Å². The van der Waals surface area contributed by atoms with Gasteiger partial charge in [-0.3, -0.25) is 4.79 Å². The van der Waals surface area contributed by atoms with Crippen molar-refractivity contribution in [2.75, 3.05) is 19.2 Å². The van der Waals surface area contributed by atoms with Crippen molar-refractivity contribution in [3.05, 3.63) is 64.7 Å². The lowest BCUT2D eigenvalue weighted by molar-refractivity contribution is 0.102. The molecule has 1 aliphatic heterocycles. The highest BCUT2D eigenvalue weighted by atomic mass is 16.7. The molecule has 3 aromatic rings. The first kappa shape index (κ1) is 16.6. The number of anilines is 1. The summed E-state index contributed by atoms with van der Waals surface area (Å²) in [5.41, 5.74) is 1.02. The van der Waals surface area contributed by atoms with Crippen LogP contribution in [0, 0.1) is 0 Å². The molecule has 0 bridgehead atoms. The van der Waals surface area contributed by atoms with E-state index in [1.165, 1.54) is 6.07 Å². The first-order valence-corrected chi connectivity index (χ1v) is 8.09. The first-order chi connectivity index (χ1) is 13.1. The third-order valence-electron chi connectivity index (χ3n) is 3.99. The summed E-state index contributed by atoms with van der Waals surface area (Å²) in [6, 6.07) is 13.6. The van der Waals surface area contributed by atoms with Crippen molar-refractivity contribution in [1.29, 1.82) is 0 Å². The van der Waals surface area contributed by atoms with Gasteiger partial charge in [-0.2, -0.15) is 4.98 Å². The van der Waals surface area contributed by atoms with Crippen LogP contribution in [0.2, 0.25) is 0 Å². The molecule has 0 spiro atoms. The Kier molecular flexibility index (Phi) is 4.21. The molecule has 136 valence electrons. The number of rotatable bonds is 4. The number of nitrogens with one attached hydrogen (secondary N) is 2. The Balaban J connectivity index is 1.62. The molecule has 2 heterocycles. The molecule has 0 fully saturated rings. The summed E-state index contributed by atoms with van der Waals surface area (Å²) in [6.07, 6.45) is 0. The van der Waals surface area contributed by atoms with Crippen molar-refractivity contribution in [2.45, 2.75) is 0 Å². The maximum Gasteiger partial charge on any atom is 0.346 e. The number of carbonyl (C=O) groups is 1. The van der Waals surface area contributed by atoms with E-state index in [1.807, 2.05) is 0 Å². The van der Waals surface area contributed by atoms with Crippen molar-refractivity contribution in [2.24, 2.45) is 0 Å². The number of nitrogens with zero attached hydrogens (tertiary/aromatic N) is 1. The minimum atomic E-state index is -0.619. The molecule has 0 atom stereocenters. The molecule has 1 amide bonds. The van der Waals surface area contributed by atoms with Crippen LogP contribution in [0.25, 0.3) is 11.3 Å². The van der Waals surface area contributed by atoms with Gasteiger partial charge in [0.1, 0.15) is 11.4 Å². The zero-order valence-corrected chi connectivity index (χ0v) is 14.3. The molecule has 0 unspecified atom stereocenters. The molecule has 1 aliphatic rings. The van der Waals surface area contributed by atoms with E-state index in [0.717, 1.165) is 0 Å². The summed E-state index contributed by atoms with van der Waals surface area (Å²) in [5, 5.41) is 2.72. The normalized spacial score (nSPS) is 11.9. The number of benzene rings is 2. The fraction of sp³-hybridized carbons (Fsp3) is 0.105. The van der Waals surface area contributed by atoms with Gasteiger partial charge in [0.05, 0.1) is 12.8 Å². The number of amides is 1. The Morgan fingerprint density at radius 3 is 2.85 bits per heavy atom. The minimum Gasteiger partial charge on any atom is -0.497 e. The second kappa shape index (κ2) is 6.83. The molecule has 2 aromatic carbocycles. The van der Waals surface area contributed by atoms with E-state index >= 15 is 0 Å². The van der Waals surface area contributed by atoms with Crippen LogP contribution in [-0.4, -0.2) is 29.8 Å². The Bertz CT molecular complexity index is 1080. The zero-order valence-electron chi connectivity index (χ0n) is 14.3. The molecule has 4 rings (SSSR count). The molecule has 2 N–H and O–H groups in total.